The van der Waals surface area contributed by atoms with E-state index in [0.29, 0.717) is 25.6 Å². The van der Waals surface area contributed by atoms with Crippen molar-refractivity contribution in [3.8, 4) is 0 Å². The van der Waals surface area contributed by atoms with E-state index in [9.17, 15) is 4.79 Å². The number of nitrogens with zero attached hydrogens (tertiary/aromatic N) is 2. The highest BCUT2D eigenvalue weighted by Gasteiger charge is 2.27. The molecule has 1 aliphatic rings. The zero-order valence-corrected chi connectivity index (χ0v) is 15.1. The third-order valence-electron chi connectivity index (χ3n) is 4.15. The molecular formula is C18H23N3O2S. The Balaban J connectivity index is 1.73. The van der Waals surface area contributed by atoms with Crippen molar-refractivity contribution in [3.05, 3.63) is 45.8 Å². The van der Waals surface area contributed by atoms with E-state index in [1.807, 2.05) is 41.6 Å². The molecular weight excluding hydrogens is 322 g/mol. The Morgan fingerprint density at radius 3 is 3.00 bits per heavy atom. The minimum Gasteiger partial charge on any atom is -0.373 e. The van der Waals surface area contributed by atoms with Crippen LogP contribution in [-0.4, -0.2) is 42.5 Å². The monoisotopic (exact) mass is 345 g/mol. The number of pyridine rings is 1. The fourth-order valence-electron chi connectivity index (χ4n) is 2.73. The summed E-state index contributed by atoms with van der Waals surface area (Å²) in [6, 6.07) is 7.82. The Morgan fingerprint density at radius 2 is 2.29 bits per heavy atom. The first-order valence-electron chi connectivity index (χ1n) is 8.22. The number of thiophene rings is 1. The van der Waals surface area contributed by atoms with Gasteiger partial charge in [0, 0.05) is 23.8 Å². The molecule has 5 nitrogen and oxygen atoms in total. The minimum atomic E-state index is -0.181. The Bertz CT molecular complexity index is 714. The molecule has 0 aromatic carbocycles. The fourth-order valence-corrected chi connectivity index (χ4v) is 3.63. The molecule has 1 saturated heterocycles. The number of anilines is 1. The summed E-state index contributed by atoms with van der Waals surface area (Å²) >= 11 is 1.65. The van der Waals surface area contributed by atoms with Crippen LogP contribution in [0.4, 0.5) is 5.82 Å². The molecule has 1 amide bonds. The van der Waals surface area contributed by atoms with Gasteiger partial charge in [-0.25, -0.2) is 4.98 Å². The third-order valence-corrected chi connectivity index (χ3v) is 5.38. The topological polar surface area (TPSA) is 54.5 Å². The van der Waals surface area contributed by atoms with Crippen LogP contribution in [0.15, 0.2) is 29.6 Å². The molecule has 1 aliphatic heterocycles. The molecule has 0 spiro atoms. The number of carbonyl (C=O) groups excluding carboxylic acids is 1. The molecule has 6 heteroatoms. The minimum absolute atomic E-state index is 0.0798. The van der Waals surface area contributed by atoms with Crippen LogP contribution in [0.2, 0.25) is 0 Å². The highest BCUT2D eigenvalue weighted by atomic mass is 32.1. The van der Waals surface area contributed by atoms with Gasteiger partial charge < -0.3 is 15.0 Å². The zero-order valence-electron chi connectivity index (χ0n) is 14.3. The van der Waals surface area contributed by atoms with E-state index in [0.717, 1.165) is 17.1 Å². The summed E-state index contributed by atoms with van der Waals surface area (Å²) in [5, 5.41) is 4.99. The van der Waals surface area contributed by atoms with Crippen LogP contribution >= 0.6 is 11.3 Å². The van der Waals surface area contributed by atoms with Crippen LogP contribution in [0, 0.1) is 0 Å². The Hall–Kier alpha value is -1.92. The molecule has 128 valence electrons. The SMILES string of the molecule is CNc1cccc(C2CN(C(=O)c3csc(C(C)C)c3)CCO2)n1. The highest BCUT2D eigenvalue weighted by Crippen LogP contribution is 2.26. The molecule has 0 aliphatic carbocycles. The van der Waals surface area contributed by atoms with Gasteiger partial charge in [-0.2, -0.15) is 0 Å². The molecule has 0 bridgehead atoms. The van der Waals surface area contributed by atoms with Crippen LogP contribution < -0.4 is 5.32 Å². The van der Waals surface area contributed by atoms with Crippen LogP contribution in [0.1, 0.15) is 46.8 Å². The summed E-state index contributed by atoms with van der Waals surface area (Å²) < 4.78 is 5.84. The van der Waals surface area contributed by atoms with Gasteiger partial charge >= 0.3 is 0 Å². The second-order valence-electron chi connectivity index (χ2n) is 6.20. The first-order chi connectivity index (χ1) is 11.6. The van der Waals surface area contributed by atoms with Gasteiger partial charge in [0.15, 0.2) is 0 Å². The third kappa shape index (κ3) is 3.60. The van der Waals surface area contributed by atoms with Crippen molar-refractivity contribution in [1.29, 1.82) is 0 Å². The van der Waals surface area contributed by atoms with E-state index in [1.165, 1.54) is 4.88 Å². The first kappa shape index (κ1) is 16.9. The number of nitrogens with one attached hydrogen (secondary N) is 1. The largest absolute Gasteiger partial charge is 0.373 e. The summed E-state index contributed by atoms with van der Waals surface area (Å²) in [5.41, 5.74) is 1.63. The van der Waals surface area contributed by atoms with Crippen LogP contribution in [0.25, 0.3) is 0 Å². The smallest absolute Gasteiger partial charge is 0.254 e. The van der Waals surface area contributed by atoms with Crippen molar-refractivity contribution < 1.29 is 9.53 Å². The predicted octanol–water partition coefficient (Wildman–Crippen LogP) is 3.52. The van der Waals surface area contributed by atoms with Gasteiger partial charge in [0.25, 0.3) is 5.91 Å². The summed E-state index contributed by atoms with van der Waals surface area (Å²) in [7, 11) is 1.84. The predicted molar refractivity (Wildman–Crippen MR) is 96.8 cm³/mol. The quantitative estimate of drug-likeness (QED) is 0.921. The number of morpholine rings is 1. The fraction of sp³-hybridized carbons (Fsp3) is 0.444. The summed E-state index contributed by atoms with van der Waals surface area (Å²) in [5.74, 6) is 1.33. The molecule has 3 rings (SSSR count). The standard InChI is InChI=1S/C18H23N3O2S/c1-12(2)16-9-13(11-24-16)18(22)21-7-8-23-15(10-21)14-5-4-6-17(19-3)20-14/h4-6,9,11-12,15H,7-8,10H2,1-3H3,(H,19,20). The highest BCUT2D eigenvalue weighted by molar-refractivity contribution is 7.10. The lowest BCUT2D eigenvalue weighted by molar-refractivity contribution is -0.0246. The molecule has 1 fully saturated rings. The normalized spacial score (nSPS) is 18.0. The summed E-state index contributed by atoms with van der Waals surface area (Å²) in [6.07, 6.45) is -0.181. The van der Waals surface area contributed by atoms with Crippen LogP contribution in [0.3, 0.4) is 0 Å². The molecule has 2 aromatic heterocycles. The molecule has 1 atom stereocenters. The molecule has 1 N–H and O–H groups in total. The number of hydrogen-bond donors (Lipinski definition) is 1. The molecule has 0 radical (unpaired) electrons. The first-order valence-corrected chi connectivity index (χ1v) is 9.10. The number of hydrogen-bond acceptors (Lipinski definition) is 5. The Labute approximate surface area is 146 Å². The number of rotatable bonds is 4. The average molecular weight is 345 g/mol. The van der Waals surface area contributed by atoms with Crippen molar-refractivity contribution in [2.75, 3.05) is 32.1 Å². The lowest BCUT2D eigenvalue weighted by Gasteiger charge is -2.32. The van der Waals surface area contributed by atoms with Gasteiger partial charge in [0.2, 0.25) is 0 Å². The van der Waals surface area contributed by atoms with Crippen LogP contribution in [-0.2, 0) is 4.74 Å². The summed E-state index contributed by atoms with van der Waals surface area (Å²) in [4.78, 5) is 20.4. The number of amides is 1. The van der Waals surface area contributed by atoms with Crippen molar-refractivity contribution >= 4 is 23.1 Å². The lowest BCUT2D eigenvalue weighted by Crippen LogP contribution is -2.42. The maximum absolute atomic E-state index is 12.8. The van der Waals surface area contributed by atoms with Gasteiger partial charge in [-0.15, -0.1) is 11.3 Å². The Morgan fingerprint density at radius 1 is 1.46 bits per heavy atom. The van der Waals surface area contributed by atoms with Crippen molar-refractivity contribution in [2.24, 2.45) is 0 Å². The van der Waals surface area contributed by atoms with Gasteiger partial charge in [-0.1, -0.05) is 19.9 Å². The lowest BCUT2D eigenvalue weighted by atomic mass is 10.1. The van der Waals surface area contributed by atoms with E-state index in [-0.39, 0.29) is 12.0 Å². The second-order valence-corrected chi connectivity index (χ2v) is 7.14. The molecule has 1 unspecified atom stereocenters. The maximum Gasteiger partial charge on any atom is 0.254 e. The zero-order chi connectivity index (χ0) is 17.1. The summed E-state index contributed by atoms with van der Waals surface area (Å²) in [6.45, 7) is 5.97. The number of ether oxygens (including phenoxy) is 1. The molecule has 0 saturated carbocycles. The van der Waals surface area contributed by atoms with Gasteiger partial charge in [-0.3, -0.25) is 4.79 Å². The van der Waals surface area contributed by atoms with Gasteiger partial charge in [0.1, 0.15) is 11.9 Å². The molecule has 24 heavy (non-hydrogen) atoms. The van der Waals surface area contributed by atoms with Crippen molar-refractivity contribution in [2.45, 2.75) is 25.9 Å². The van der Waals surface area contributed by atoms with E-state index in [4.69, 9.17) is 4.74 Å². The van der Waals surface area contributed by atoms with Gasteiger partial charge in [0.05, 0.1) is 24.4 Å². The van der Waals surface area contributed by atoms with E-state index >= 15 is 0 Å². The average Bonchev–Trinajstić information content (AvgIpc) is 3.11. The Kier molecular flexibility index (Phi) is 5.16. The molecule has 2 aromatic rings. The number of aromatic nitrogens is 1. The maximum atomic E-state index is 12.8. The van der Waals surface area contributed by atoms with E-state index in [1.54, 1.807) is 11.3 Å². The second kappa shape index (κ2) is 7.32. The molecule has 3 heterocycles. The van der Waals surface area contributed by atoms with E-state index in [2.05, 4.69) is 24.1 Å². The number of carbonyl (C=O) groups is 1. The van der Waals surface area contributed by atoms with Crippen LogP contribution in [0.5, 0.6) is 0 Å². The van der Waals surface area contributed by atoms with Crippen molar-refractivity contribution in [1.82, 2.24) is 9.88 Å². The van der Waals surface area contributed by atoms with Gasteiger partial charge in [-0.05, 0) is 24.1 Å². The van der Waals surface area contributed by atoms with E-state index < -0.39 is 0 Å². The van der Waals surface area contributed by atoms with Crippen molar-refractivity contribution in [3.63, 3.8) is 0 Å².